The summed E-state index contributed by atoms with van der Waals surface area (Å²) in [6, 6.07) is 13.8. The summed E-state index contributed by atoms with van der Waals surface area (Å²) in [6.45, 7) is 1.02. The summed E-state index contributed by atoms with van der Waals surface area (Å²) in [5, 5.41) is 15.6. The molecule has 7 rings (SSSR count). The second-order valence-electron chi connectivity index (χ2n) is 8.69. The van der Waals surface area contributed by atoms with Gasteiger partial charge in [-0.25, -0.2) is 9.97 Å². The number of imidazole rings is 1. The van der Waals surface area contributed by atoms with Crippen LogP contribution in [0.25, 0.3) is 54.8 Å². The minimum absolute atomic E-state index is 0.0848. The minimum atomic E-state index is -0.0848. The highest BCUT2D eigenvalue weighted by molar-refractivity contribution is 6.33. The number of aromatic amines is 2. The summed E-state index contributed by atoms with van der Waals surface area (Å²) in [6.07, 6.45) is 3.63. The van der Waals surface area contributed by atoms with Gasteiger partial charge in [-0.3, -0.25) is 0 Å². The Balaban J connectivity index is 1.31. The van der Waals surface area contributed by atoms with Crippen molar-refractivity contribution in [1.82, 2.24) is 29.5 Å². The number of aryl methyl sites for hydroxylation is 1. The summed E-state index contributed by atoms with van der Waals surface area (Å²) >= 11 is 12.7. The topological polar surface area (TPSA) is 105 Å². The Hall–Kier alpha value is -4.01. The van der Waals surface area contributed by atoms with Crippen molar-refractivity contribution in [1.29, 1.82) is 0 Å². The maximum absolute atomic E-state index is 10.1. The van der Waals surface area contributed by atoms with Gasteiger partial charge in [-0.1, -0.05) is 23.2 Å². The molecule has 0 fully saturated rings. The van der Waals surface area contributed by atoms with Gasteiger partial charge in [0.15, 0.2) is 16.9 Å². The van der Waals surface area contributed by atoms with E-state index in [1.807, 2.05) is 41.0 Å². The third-order valence-corrected chi connectivity index (χ3v) is 6.99. The first kappa shape index (κ1) is 21.3. The van der Waals surface area contributed by atoms with Gasteiger partial charge in [-0.2, -0.15) is 4.98 Å². The summed E-state index contributed by atoms with van der Waals surface area (Å²) in [4.78, 5) is 19.2. The van der Waals surface area contributed by atoms with Crippen LogP contribution < -0.4 is 4.74 Å². The van der Waals surface area contributed by atoms with Crippen molar-refractivity contribution in [3.05, 3.63) is 65.2 Å². The molecule has 0 aliphatic heterocycles. The number of ether oxygens (including phenoxy) is 1. The highest BCUT2D eigenvalue weighted by atomic mass is 35.5. The molecule has 4 heterocycles. The zero-order valence-electron chi connectivity index (χ0n) is 18.7. The molecular weight excluding hydrogens is 499 g/mol. The summed E-state index contributed by atoms with van der Waals surface area (Å²) in [7, 11) is 0. The second-order valence-corrected chi connectivity index (χ2v) is 9.56. The van der Waals surface area contributed by atoms with E-state index in [0.717, 1.165) is 49.4 Å². The van der Waals surface area contributed by atoms with Gasteiger partial charge in [0.05, 0.1) is 24.0 Å². The molecule has 3 N–H and O–H groups in total. The van der Waals surface area contributed by atoms with Crippen molar-refractivity contribution in [2.24, 2.45) is 0 Å². The lowest BCUT2D eigenvalue weighted by atomic mass is 10.1. The molecule has 7 aromatic rings. The lowest BCUT2D eigenvalue weighted by Gasteiger charge is -2.10. The molecule has 0 unspecified atom stereocenters. The number of rotatable bonds is 5. The fourth-order valence-corrected chi connectivity index (χ4v) is 5.26. The number of H-pyrrole nitrogens is 2. The normalized spacial score (nSPS) is 12.1. The van der Waals surface area contributed by atoms with Crippen LogP contribution in [0.4, 0.5) is 0 Å². The van der Waals surface area contributed by atoms with E-state index in [2.05, 4.69) is 31.0 Å². The molecule has 0 aliphatic rings. The molecule has 0 atom stereocenters. The van der Waals surface area contributed by atoms with Crippen molar-refractivity contribution >= 4 is 78.0 Å². The number of nitrogens with one attached hydrogen (secondary N) is 2. The van der Waals surface area contributed by atoms with E-state index in [1.54, 1.807) is 6.33 Å². The van der Waals surface area contributed by atoms with Gasteiger partial charge >= 0.3 is 0 Å². The van der Waals surface area contributed by atoms with Gasteiger partial charge < -0.3 is 24.4 Å². The number of hydrogen-bond acceptors (Lipinski definition) is 5. The number of benzene rings is 3. The summed E-state index contributed by atoms with van der Waals surface area (Å²) in [5.74, 6) is 0.655. The highest BCUT2D eigenvalue weighted by Gasteiger charge is 2.18. The average molecular weight is 517 g/mol. The van der Waals surface area contributed by atoms with Crippen LogP contribution in [0, 0.1) is 0 Å². The van der Waals surface area contributed by atoms with E-state index in [4.69, 9.17) is 27.9 Å². The Morgan fingerprint density at radius 2 is 1.50 bits per heavy atom. The van der Waals surface area contributed by atoms with E-state index in [-0.39, 0.29) is 5.88 Å². The molecule has 0 radical (unpaired) electrons. The van der Waals surface area contributed by atoms with Crippen LogP contribution >= 0.6 is 23.2 Å². The molecule has 0 aliphatic carbocycles. The molecule has 8 nitrogen and oxygen atoms in total. The SMILES string of the molecule is Oc1ncnc2ncn(CCCOc3c4[nH]c5ccc(Cl)cc5c4cc4c3[nH]c3ccc(Cl)cc34)c12. The number of halogens is 2. The standard InChI is InChI=1S/C26H18Cl2N6O2/c27-13-2-4-19-15(8-13)17-10-18-16-9-14(28)3-5-20(16)33-22(18)24(21(17)32-19)36-7-1-6-34-12-31-25-23(34)26(35)30-11-29-25/h2-5,8-12,32-33H,1,6-7H2,(H,29,30,35). The third-order valence-electron chi connectivity index (χ3n) is 6.52. The molecule has 178 valence electrons. The summed E-state index contributed by atoms with van der Waals surface area (Å²) < 4.78 is 8.27. The van der Waals surface area contributed by atoms with Crippen LogP contribution in [0.2, 0.25) is 10.0 Å². The number of fused-ring (bicyclic) bond motifs is 7. The van der Waals surface area contributed by atoms with Crippen molar-refractivity contribution in [2.45, 2.75) is 13.0 Å². The Bertz CT molecular complexity index is 1860. The average Bonchev–Trinajstić information content (AvgIpc) is 3.55. The van der Waals surface area contributed by atoms with Crippen LogP contribution in [0.3, 0.4) is 0 Å². The molecule has 4 aromatic heterocycles. The van der Waals surface area contributed by atoms with Crippen LogP contribution in [-0.4, -0.2) is 41.2 Å². The largest absolute Gasteiger partial charge is 0.492 e. The first-order valence-electron chi connectivity index (χ1n) is 11.4. The zero-order chi connectivity index (χ0) is 24.4. The predicted molar refractivity (Wildman–Crippen MR) is 142 cm³/mol. The van der Waals surface area contributed by atoms with Crippen molar-refractivity contribution in [2.75, 3.05) is 6.61 Å². The molecular formula is C26H18Cl2N6O2. The Labute approximate surface area is 213 Å². The Morgan fingerprint density at radius 3 is 2.17 bits per heavy atom. The lowest BCUT2D eigenvalue weighted by Crippen LogP contribution is -2.05. The Kier molecular flexibility index (Phi) is 4.74. The van der Waals surface area contributed by atoms with Crippen molar-refractivity contribution in [3.63, 3.8) is 0 Å². The fourth-order valence-electron chi connectivity index (χ4n) is 4.91. The van der Waals surface area contributed by atoms with Crippen LogP contribution in [0.5, 0.6) is 11.6 Å². The molecule has 0 saturated heterocycles. The predicted octanol–water partition coefficient (Wildman–Crippen LogP) is 6.58. The van der Waals surface area contributed by atoms with Crippen LogP contribution in [0.15, 0.2) is 55.1 Å². The van der Waals surface area contributed by atoms with E-state index < -0.39 is 0 Å². The van der Waals surface area contributed by atoms with Gasteiger partial charge in [0, 0.05) is 49.2 Å². The maximum Gasteiger partial charge on any atom is 0.240 e. The lowest BCUT2D eigenvalue weighted by molar-refractivity contribution is 0.308. The molecule has 0 amide bonds. The molecule has 10 heteroatoms. The number of hydrogen-bond donors (Lipinski definition) is 3. The van der Waals surface area contributed by atoms with Gasteiger partial charge in [0.25, 0.3) is 0 Å². The third kappa shape index (κ3) is 3.26. The Morgan fingerprint density at radius 1 is 0.833 bits per heavy atom. The van der Waals surface area contributed by atoms with Gasteiger partial charge in [-0.15, -0.1) is 0 Å². The minimum Gasteiger partial charge on any atom is -0.492 e. The highest BCUT2D eigenvalue weighted by Crippen LogP contribution is 2.41. The second kappa shape index (κ2) is 8.01. The summed E-state index contributed by atoms with van der Waals surface area (Å²) in [5.41, 5.74) is 4.74. The first-order valence-corrected chi connectivity index (χ1v) is 12.1. The van der Waals surface area contributed by atoms with Crippen LogP contribution in [-0.2, 0) is 6.54 Å². The molecule has 36 heavy (non-hydrogen) atoms. The number of nitrogens with zero attached hydrogens (tertiary/aromatic N) is 4. The smallest absolute Gasteiger partial charge is 0.240 e. The van der Waals surface area contributed by atoms with E-state index in [0.29, 0.717) is 40.8 Å². The van der Waals surface area contributed by atoms with E-state index in [9.17, 15) is 5.11 Å². The quantitative estimate of drug-likeness (QED) is 0.224. The number of aromatic hydroxyl groups is 1. The molecule has 0 spiro atoms. The van der Waals surface area contributed by atoms with Gasteiger partial charge in [0.2, 0.25) is 5.88 Å². The van der Waals surface area contributed by atoms with Crippen molar-refractivity contribution < 1.29 is 9.84 Å². The van der Waals surface area contributed by atoms with E-state index >= 15 is 0 Å². The number of aromatic nitrogens is 6. The van der Waals surface area contributed by atoms with Gasteiger partial charge in [0.1, 0.15) is 6.33 Å². The maximum atomic E-state index is 10.1. The van der Waals surface area contributed by atoms with Crippen LogP contribution in [0.1, 0.15) is 6.42 Å². The molecule has 3 aromatic carbocycles. The van der Waals surface area contributed by atoms with Gasteiger partial charge in [-0.05, 0) is 48.9 Å². The monoisotopic (exact) mass is 516 g/mol. The fraction of sp³-hybridized carbons (Fsp3) is 0.115. The molecule has 0 saturated carbocycles. The molecule has 0 bridgehead atoms. The van der Waals surface area contributed by atoms with E-state index in [1.165, 1.54) is 6.33 Å². The van der Waals surface area contributed by atoms with Crippen molar-refractivity contribution in [3.8, 4) is 11.6 Å². The first-order chi connectivity index (χ1) is 17.6. The zero-order valence-corrected chi connectivity index (χ0v) is 20.2.